The summed E-state index contributed by atoms with van der Waals surface area (Å²) in [6.45, 7) is 4.09. The van der Waals surface area contributed by atoms with Gasteiger partial charge in [-0.1, -0.05) is 6.92 Å². The molecule has 8 heteroatoms. The molecule has 0 aromatic carbocycles. The molecule has 4 aromatic heterocycles. The molecule has 0 radical (unpaired) electrons. The second kappa shape index (κ2) is 7.16. The number of rotatable bonds is 4. The van der Waals surface area contributed by atoms with Gasteiger partial charge in [0.25, 0.3) is 0 Å². The number of carbonyl (C=O) groups is 1. The number of nitrogens with zero attached hydrogens (tertiary/aromatic N) is 5. The zero-order chi connectivity index (χ0) is 21.7. The number of nitrogen functional groups attached to an aromatic ring is 1. The zero-order valence-corrected chi connectivity index (χ0v) is 17.6. The maximum absolute atomic E-state index is 12.9. The highest BCUT2D eigenvalue weighted by atomic mass is 16.2. The van der Waals surface area contributed by atoms with Gasteiger partial charge in [0, 0.05) is 54.6 Å². The van der Waals surface area contributed by atoms with E-state index >= 15 is 0 Å². The number of nitrogens with two attached hydrogens (primary N) is 1. The summed E-state index contributed by atoms with van der Waals surface area (Å²) < 4.78 is 1.76. The second-order valence-corrected chi connectivity index (χ2v) is 8.22. The molecule has 4 aromatic rings. The fourth-order valence-corrected chi connectivity index (χ4v) is 4.31. The van der Waals surface area contributed by atoms with Crippen LogP contribution in [-0.2, 0) is 11.8 Å². The van der Waals surface area contributed by atoms with Crippen LogP contribution in [0.1, 0.15) is 24.0 Å². The Bertz CT molecular complexity index is 1310. The van der Waals surface area contributed by atoms with Crippen LogP contribution in [0.25, 0.3) is 22.0 Å². The largest absolute Gasteiger partial charge is 0.383 e. The van der Waals surface area contributed by atoms with E-state index in [0.717, 1.165) is 33.2 Å². The quantitative estimate of drug-likeness (QED) is 0.531. The van der Waals surface area contributed by atoms with Crippen LogP contribution < -0.4 is 11.1 Å². The minimum Gasteiger partial charge on any atom is -0.383 e. The molecule has 8 nitrogen and oxygen atoms in total. The monoisotopic (exact) mass is 413 g/mol. The fraction of sp³-hybridized carbons (Fsp3) is 0.261. The molecule has 3 atom stereocenters. The predicted molar refractivity (Wildman–Crippen MR) is 119 cm³/mol. The van der Waals surface area contributed by atoms with Crippen molar-refractivity contribution in [2.75, 3.05) is 11.1 Å². The Hall–Kier alpha value is -3.81. The Morgan fingerprint density at radius 3 is 2.81 bits per heavy atom. The minimum atomic E-state index is -0.0854. The van der Waals surface area contributed by atoms with Crippen molar-refractivity contribution < 1.29 is 4.79 Å². The summed E-state index contributed by atoms with van der Waals surface area (Å²) in [5.41, 5.74) is 10.0. The SMILES string of the molecule is Cc1ccncc1-c1cc2cc(NC(=O)[C@@H]3[C@H](C)[C@H]3c3cnn(C)c3)ncc2c(N)n1. The van der Waals surface area contributed by atoms with Crippen LogP contribution in [-0.4, -0.2) is 30.6 Å². The normalized spacial score (nSPS) is 20.0. The molecule has 1 aliphatic rings. The van der Waals surface area contributed by atoms with Gasteiger partial charge in [-0.3, -0.25) is 14.5 Å². The van der Waals surface area contributed by atoms with Crippen LogP contribution in [0.15, 0.2) is 49.2 Å². The summed E-state index contributed by atoms with van der Waals surface area (Å²) in [4.78, 5) is 26.0. The van der Waals surface area contributed by atoms with Crippen LogP contribution in [0.3, 0.4) is 0 Å². The van der Waals surface area contributed by atoms with Crippen molar-refractivity contribution in [2.45, 2.75) is 19.8 Å². The third-order valence-electron chi connectivity index (χ3n) is 6.10. The van der Waals surface area contributed by atoms with Gasteiger partial charge < -0.3 is 11.1 Å². The molecule has 1 amide bonds. The van der Waals surface area contributed by atoms with Crippen LogP contribution in [0, 0.1) is 18.8 Å². The van der Waals surface area contributed by atoms with Crippen molar-refractivity contribution in [3.05, 3.63) is 60.3 Å². The maximum Gasteiger partial charge on any atom is 0.229 e. The number of aromatic nitrogens is 5. The summed E-state index contributed by atoms with van der Waals surface area (Å²) in [6, 6.07) is 5.73. The molecule has 4 heterocycles. The molecule has 3 N–H and O–H groups in total. The minimum absolute atomic E-state index is 0.0291. The average Bonchev–Trinajstić information content (AvgIpc) is 3.22. The van der Waals surface area contributed by atoms with E-state index in [4.69, 9.17) is 5.73 Å². The maximum atomic E-state index is 12.9. The lowest BCUT2D eigenvalue weighted by Gasteiger charge is -2.10. The third-order valence-corrected chi connectivity index (χ3v) is 6.10. The van der Waals surface area contributed by atoms with E-state index in [2.05, 4.69) is 32.3 Å². The van der Waals surface area contributed by atoms with Gasteiger partial charge in [0.2, 0.25) is 5.91 Å². The molecule has 1 fully saturated rings. The van der Waals surface area contributed by atoms with Crippen LogP contribution in [0.5, 0.6) is 0 Å². The molecule has 31 heavy (non-hydrogen) atoms. The molecule has 0 saturated heterocycles. The lowest BCUT2D eigenvalue weighted by Crippen LogP contribution is -2.16. The van der Waals surface area contributed by atoms with E-state index < -0.39 is 0 Å². The van der Waals surface area contributed by atoms with Crippen LogP contribution in [0.2, 0.25) is 0 Å². The van der Waals surface area contributed by atoms with Crippen molar-refractivity contribution in [2.24, 2.45) is 18.9 Å². The number of aryl methyl sites for hydroxylation is 2. The average molecular weight is 413 g/mol. The van der Waals surface area contributed by atoms with Crippen LogP contribution in [0.4, 0.5) is 11.6 Å². The highest BCUT2D eigenvalue weighted by Gasteiger charge is 2.52. The number of amides is 1. The molecule has 0 bridgehead atoms. The number of hydrogen-bond donors (Lipinski definition) is 2. The first-order valence-corrected chi connectivity index (χ1v) is 10.2. The third kappa shape index (κ3) is 3.39. The predicted octanol–water partition coefficient (Wildman–Crippen LogP) is 3.30. The van der Waals surface area contributed by atoms with Crippen molar-refractivity contribution in [3.8, 4) is 11.3 Å². The summed E-state index contributed by atoms with van der Waals surface area (Å²) in [7, 11) is 1.88. The van der Waals surface area contributed by atoms with E-state index in [-0.39, 0.29) is 23.7 Å². The number of fused-ring (bicyclic) bond motifs is 1. The number of anilines is 2. The van der Waals surface area contributed by atoms with Gasteiger partial charge in [0.1, 0.15) is 11.6 Å². The smallest absolute Gasteiger partial charge is 0.229 e. The summed E-state index contributed by atoms with van der Waals surface area (Å²) in [6.07, 6.45) is 8.99. The van der Waals surface area contributed by atoms with Gasteiger partial charge in [0.05, 0.1) is 11.9 Å². The molecular weight excluding hydrogens is 390 g/mol. The lowest BCUT2D eigenvalue weighted by molar-refractivity contribution is -0.117. The Labute approximate surface area is 179 Å². The number of pyridine rings is 3. The molecule has 0 spiro atoms. The first-order chi connectivity index (χ1) is 14.9. The Morgan fingerprint density at radius 2 is 2.06 bits per heavy atom. The van der Waals surface area contributed by atoms with Gasteiger partial charge in [-0.05, 0) is 47.6 Å². The highest BCUT2D eigenvalue weighted by molar-refractivity contribution is 5.99. The summed E-state index contributed by atoms with van der Waals surface area (Å²) in [5.74, 6) is 1.24. The van der Waals surface area contributed by atoms with Crippen molar-refractivity contribution in [1.82, 2.24) is 24.7 Å². The summed E-state index contributed by atoms with van der Waals surface area (Å²) >= 11 is 0. The van der Waals surface area contributed by atoms with E-state index in [1.54, 1.807) is 23.3 Å². The van der Waals surface area contributed by atoms with E-state index in [1.165, 1.54) is 0 Å². The molecule has 0 unspecified atom stereocenters. The molecular formula is C23H23N7O. The number of nitrogens with one attached hydrogen (secondary N) is 1. The first-order valence-electron chi connectivity index (χ1n) is 10.2. The molecule has 0 aliphatic heterocycles. The second-order valence-electron chi connectivity index (χ2n) is 8.22. The van der Waals surface area contributed by atoms with E-state index in [9.17, 15) is 4.79 Å². The molecule has 5 rings (SSSR count). The van der Waals surface area contributed by atoms with Gasteiger partial charge in [-0.2, -0.15) is 5.10 Å². The van der Waals surface area contributed by atoms with Gasteiger partial charge in [0.15, 0.2) is 0 Å². The Morgan fingerprint density at radius 1 is 1.23 bits per heavy atom. The molecule has 1 aliphatic carbocycles. The first kappa shape index (κ1) is 19.2. The van der Waals surface area contributed by atoms with Crippen molar-refractivity contribution in [3.63, 3.8) is 0 Å². The summed E-state index contributed by atoms with van der Waals surface area (Å²) in [5, 5.41) is 8.81. The van der Waals surface area contributed by atoms with Gasteiger partial charge >= 0.3 is 0 Å². The standard InChI is InChI=1S/C23H23N7O/c1-12-4-5-25-9-16(12)18-6-14-7-19(26-10-17(14)22(24)28-18)29-23(31)21-13(2)20(21)15-8-27-30(3)11-15/h4-11,13,20-21H,1-3H3,(H2,24,28)(H,26,29,31)/t13-,20+,21-/m1/s1. The van der Waals surface area contributed by atoms with Crippen molar-refractivity contribution >= 4 is 28.3 Å². The molecule has 156 valence electrons. The van der Waals surface area contributed by atoms with E-state index in [1.807, 2.05) is 44.6 Å². The number of hydrogen-bond acceptors (Lipinski definition) is 6. The Balaban J connectivity index is 1.42. The fourth-order valence-electron chi connectivity index (χ4n) is 4.31. The number of carbonyl (C=O) groups excluding carboxylic acids is 1. The van der Waals surface area contributed by atoms with Crippen molar-refractivity contribution in [1.29, 1.82) is 0 Å². The highest BCUT2D eigenvalue weighted by Crippen LogP contribution is 2.54. The van der Waals surface area contributed by atoms with Crippen LogP contribution >= 0.6 is 0 Å². The van der Waals surface area contributed by atoms with E-state index in [0.29, 0.717) is 11.6 Å². The topological polar surface area (TPSA) is 112 Å². The Kier molecular flexibility index (Phi) is 4.43. The molecule has 1 saturated carbocycles. The zero-order valence-electron chi connectivity index (χ0n) is 17.6. The van der Waals surface area contributed by atoms with Gasteiger partial charge in [-0.25, -0.2) is 9.97 Å². The lowest BCUT2D eigenvalue weighted by atomic mass is 10.1. The van der Waals surface area contributed by atoms with Gasteiger partial charge in [-0.15, -0.1) is 0 Å².